The first-order valence-corrected chi connectivity index (χ1v) is 8.16. The Morgan fingerprint density at radius 1 is 1.12 bits per heavy atom. The number of hydrogen-bond donors (Lipinski definition) is 3. The van der Waals surface area contributed by atoms with Crippen molar-refractivity contribution in [1.82, 2.24) is 10.6 Å². The van der Waals surface area contributed by atoms with Gasteiger partial charge < -0.3 is 16.4 Å². The molecule has 1 aromatic carbocycles. The predicted octanol–water partition coefficient (Wildman–Crippen LogP) is 2.59. The first-order chi connectivity index (χ1) is 11.1. The molecule has 0 fully saturated rings. The van der Waals surface area contributed by atoms with E-state index in [2.05, 4.69) is 22.5 Å². The fourth-order valence-corrected chi connectivity index (χ4v) is 2.04. The highest BCUT2D eigenvalue weighted by atomic mass is 127. The van der Waals surface area contributed by atoms with Crippen LogP contribution in [-0.2, 0) is 11.2 Å². The van der Waals surface area contributed by atoms with Crippen LogP contribution in [0.3, 0.4) is 0 Å². The van der Waals surface area contributed by atoms with Gasteiger partial charge in [-0.2, -0.15) is 0 Å². The molecular weight excluding hydrogens is 422 g/mol. The molecule has 0 aliphatic heterocycles. The molecule has 0 aliphatic rings. The average Bonchev–Trinajstić information content (AvgIpc) is 2.53. The van der Waals surface area contributed by atoms with E-state index in [4.69, 9.17) is 5.73 Å². The van der Waals surface area contributed by atoms with Gasteiger partial charge in [-0.15, -0.1) is 24.0 Å². The summed E-state index contributed by atoms with van der Waals surface area (Å²) in [4.78, 5) is 15.9. The molecule has 0 spiro atoms. The van der Waals surface area contributed by atoms with E-state index in [1.54, 1.807) is 12.1 Å². The van der Waals surface area contributed by atoms with E-state index >= 15 is 0 Å². The van der Waals surface area contributed by atoms with E-state index in [1.807, 2.05) is 0 Å². The average molecular weight is 450 g/mol. The molecule has 0 heterocycles. The van der Waals surface area contributed by atoms with Gasteiger partial charge in [-0.25, -0.2) is 4.39 Å². The number of benzene rings is 1. The van der Waals surface area contributed by atoms with Gasteiger partial charge in [0.05, 0.1) is 6.42 Å². The van der Waals surface area contributed by atoms with Crippen molar-refractivity contribution in [2.24, 2.45) is 10.7 Å². The molecule has 136 valence electrons. The highest BCUT2D eigenvalue weighted by Gasteiger charge is 2.03. The number of nitrogens with zero attached hydrogens (tertiary/aromatic N) is 1. The van der Waals surface area contributed by atoms with Crippen molar-refractivity contribution in [2.75, 3.05) is 19.6 Å². The lowest BCUT2D eigenvalue weighted by molar-refractivity contribution is -0.120. The quantitative estimate of drug-likeness (QED) is 0.222. The summed E-state index contributed by atoms with van der Waals surface area (Å²) in [6, 6.07) is 5.91. The number of unbranched alkanes of at least 4 members (excludes halogenated alkanes) is 3. The van der Waals surface area contributed by atoms with Crippen molar-refractivity contribution in [3.8, 4) is 0 Å². The molecule has 0 aromatic heterocycles. The standard InChI is InChI=1S/C17H27FN4O.HI/c1-2-3-4-5-10-21-17(19)22-12-11-20-16(23)13-14-6-8-15(18)9-7-14;/h6-9H,2-5,10-13H2,1H3,(H,20,23)(H3,19,21,22);1H. The number of nitrogens with one attached hydrogen (secondary N) is 2. The SMILES string of the molecule is CCCCCCN=C(N)NCCNC(=O)Cc1ccc(F)cc1.I. The minimum absolute atomic E-state index is 0. The fraction of sp³-hybridized carbons (Fsp3) is 0.529. The molecule has 0 saturated carbocycles. The van der Waals surface area contributed by atoms with Crippen LogP contribution in [0.5, 0.6) is 0 Å². The van der Waals surface area contributed by atoms with Crippen molar-refractivity contribution in [2.45, 2.75) is 39.0 Å². The fourth-order valence-electron chi connectivity index (χ4n) is 2.04. The molecule has 1 aromatic rings. The Labute approximate surface area is 160 Å². The summed E-state index contributed by atoms with van der Waals surface area (Å²) in [6.45, 7) is 3.89. The number of rotatable bonds is 10. The smallest absolute Gasteiger partial charge is 0.224 e. The van der Waals surface area contributed by atoms with E-state index in [9.17, 15) is 9.18 Å². The van der Waals surface area contributed by atoms with Crippen LogP contribution in [-0.4, -0.2) is 31.5 Å². The number of aliphatic imine (C=N–C) groups is 1. The van der Waals surface area contributed by atoms with Gasteiger partial charge in [0.15, 0.2) is 5.96 Å². The van der Waals surface area contributed by atoms with Gasteiger partial charge in [-0.05, 0) is 24.1 Å². The van der Waals surface area contributed by atoms with Crippen LogP contribution in [0.4, 0.5) is 4.39 Å². The summed E-state index contributed by atoms with van der Waals surface area (Å²) in [7, 11) is 0. The number of hydrogen-bond acceptors (Lipinski definition) is 2. The molecule has 0 aliphatic carbocycles. The van der Waals surface area contributed by atoms with Gasteiger partial charge >= 0.3 is 0 Å². The monoisotopic (exact) mass is 450 g/mol. The van der Waals surface area contributed by atoms with Crippen LogP contribution in [0.2, 0.25) is 0 Å². The molecule has 7 heteroatoms. The minimum Gasteiger partial charge on any atom is -0.370 e. The van der Waals surface area contributed by atoms with Crippen LogP contribution in [0.1, 0.15) is 38.2 Å². The molecule has 0 atom stereocenters. The highest BCUT2D eigenvalue weighted by molar-refractivity contribution is 14.0. The molecule has 1 rings (SSSR count). The van der Waals surface area contributed by atoms with E-state index in [0.717, 1.165) is 18.5 Å². The molecule has 4 N–H and O–H groups in total. The zero-order chi connectivity index (χ0) is 16.9. The van der Waals surface area contributed by atoms with Crippen LogP contribution >= 0.6 is 24.0 Å². The zero-order valence-electron chi connectivity index (χ0n) is 14.2. The zero-order valence-corrected chi connectivity index (χ0v) is 16.5. The minimum atomic E-state index is -0.303. The first-order valence-electron chi connectivity index (χ1n) is 8.16. The second-order valence-electron chi connectivity index (χ2n) is 5.41. The Morgan fingerprint density at radius 2 is 1.79 bits per heavy atom. The van der Waals surface area contributed by atoms with Crippen LogP contribution < -0.4 is 16.4 Å². The van der Waals surface area contributed by atoms with Crippen molar-refractivity contribution >= 4 is 35.8 Å². The second-order valence-corrected chi connectivity index (χ2v) is 5.41. The van der Waals surface area contributed by atoms with Crippen LogP contribution in [0.15, 0.2) is 29.3 Å². The van der Waals surface area contributed by atoms with Gasteiger partial charge in [0, 0.05) is 19.6 Å². The van der Waals surface area contributed by atoms with Crippen molar-refractivity contribution in [3.63, 3.8) is 0 Å². The number of halogens is 2. The maximum absolute atomic E-state index is 12.8. The molecule has 0 bridgehead atoms. The number of carbonyl (C=O) groups excluding carboxylic acids is 1. The van der Waals surface area contributed by atoms with E-state index in [-0.39, 0.29) is 42.1 Å². The maximum atomic E-state index is 12.8. The van der Waals surface area contributed by atoms with Crippen LogP contribution in [0, 0.1) is 5.82 Å². The molecule has 5 nitrogen and oxygen atoms in total. The third-order valence-corrected chi connectivity index (χ3v) is 3.33. The van der Waals surface area contributed by atoms with Gasteiger partial charge in [0.2, 0.25) is 5.91 Å². The lowest BCUT2D eigenvalue weighted by Gasteiger charge is -2.08. The Balaban J connectivity index is 0.00000529. The van der Waals surface area contributed by atoms with Gasteiger partial charge in [0.25, 0.3) is 0 Å². The van der Waals surface area contributed by atoms with Crippen molar-refractivity contribution in [1.29, 1.82) is 0 Å². The van der Waals surface area contributed by atoms with E-state index < -0.39 is 0 Å². The Hall–Kier alpha value is -1.38. The molecule has 0 unspecified atom stereocenters. The lowest BCUT2D eigenvalue weighted by Crippen LogP contribution is -2.38. The predicted molar refractivity (Wildman–Crippen MR) is 107 cm³/mol. The normalized spacial score (nSPS) is 10.8. The van der Waals surface area contributed by atoms with E-state index in [1.165, 1.54) is 31.4 Å². The number of carbonyl (C=O) groups is 1. The summed E-state index contributed by atoms with van der Waals surface area (Å²) in [5.41, 5.74) is 6.52. The topological polar surface area (TPSA) is 79.5 Å². The largest absolute Gasteiger partial charge is 0.370 e. The lowest BCUT2D eigenvalue weighted by atomic mass is 10.1. The second kappa shape index (κ2) is 14.0. The highest BCUT2D eigenvalue weighted by Crippen LogP contribution is 2.03. The van der Waals surface area contributed by atoms with Gasteiger partial charge in [0.1, 0.15) is 5.82 Å². The first kappa shape index (κ1) is 22.6. The summed E-state index contributed by atoms with van der Waals surface area (Å²) in [5, 5.41) is 5.74. The van der Waals surface area contributed by atoms with Gasteiger partial charge in [-0.1, -0.05) is 38.3 Å². The summed E-state index contributed by atoms with van der Waals surface area (Å²) in [6.07, 6.45) is 4.89. The molecule has 0 saturated heterocycles. The summed E-state index contributed by atoms with van der Waals surface area (Å²) in [5.74, 6) is 0.00517. The number of amides is 1. The Bertz CT molecular complexity index is 494. The van der Waals surface area contributed by atoms with Crippen molar-refractivity contribution < 1.29 is 9.18 Å². The molecule has 0 radical (unpaired) electrons. The number of nitrogens with two attached hydrogens (primary N) is 1. The van der Waals surface area contributed by atoms with Crippen LogP contribution in [0.25, 0.3) is 0 Å². The molecule has 1 amide bonds. The molecule has 24 heavy (non-hydrogen) atoms. The Morgan fingerprint density at radius 3 is 2.46 bits per heavy atom. The van der Waals surface area contributed by atoms with E-state index in [0.29, 0.717) is 19.0 Å². The summed E-state index contributed by atoms with van der Waals surface area (Å²) < 4.78 is 12.8. The maximum Gasteiger partial charge on any atom is 0.224 e. The Kier molecular flexibility index (Phi) is 13.2. The third kappa shape index (κ3) is 11.2. The summed E-state index contributed by atoms with van der Waals surface area (Å²) >= 11 is 0. The van der Waals surface area contributed by atoms with Gasteiger partial charge in [-0.3, -0.25) is 9.79 Å². The van der Waals surface area contributed by atoms with Crippen molar-refractivity contribution in [3.05, 3.63) is 35.6 Å². The molecular formula is C17H28FIN4O. The third-order valence-electron chi connectivity index (χ3n) is 3.33. The number of guanidine groups is 1.